The molecule has 0 spiro atoms. The van der Waals surface area contributed by atoms with Crippen molar-refractivity contribution in [2.24, 2.45) is 0 Å². The second-order valence-electron chi connectivity index (χ2n) is 5.60. The van der Waals surface area contributed by atoms with Gasteiger partial charge in [0, 0.05) is 0 Å². The molecule has 3 rings (SSSR count). The number of phenolic OH excluding ortho intramolecular Hbond substituents is 1. The Labute approximate surface area is 150 Å². The quantitative estimate of drug-likeness (QED) is 0.623. The predicted octanol–water partition coefficient (Wildman–Crippen LogP) is 3.08. The summed E-state index contributed by atoms with van der Waals surface area (Å²) in [4.78, 5) is 37.1. The first-order chi connectivity index (χ1) is 12.7. The summed E-state index contributed by atoms with van der Waals surface area (Å²) in [5, 5.41) is 11.2. The Kier molecular flexibility index (Phi) is 4.44. The van der Waals surface area contributed by atoms with Crippen molar-refractivity contribution < 1.29 is 32.7 Å². The molecule has 6 nitrogen and oxygen atoms in total. The number of carbonyl (C=O) groups excluding carboxylic acids is 3. The molecule has 1 heterocycles. The molecule has 0 radical (unpaired) electrons. The SMILES string of the molecule is O=C1NC(=O)N(c2cccc(C(F)(F)F)c2)C(=O)/C1=C/c1ccc(O)cc1. The first-order valence-electron chi connectivity index (χ1n) is 7.54. The molecule has 0 unspecified atom stereocenters. The van der Waals surface area contributed by atoms with E-state index in [-0.39, 0.29) is 11.4 Å². The van der Waals surface area contributed by atoms with E-state index in [2.05, 4.69) is 0 Å². The molecule has 1 aliphatic rings. The number of barbiturate groups is 1. The van der Waals surface area contributed by atoms with Crippen molar-refractivity contribution in [2.45, 2.75) is 6.18 Å². The van der Waals surface area contributed by atoms with Crippen LogP contribution in [0.25, 0.3) is 6.08 Å². The summed E-state index contributed by atoms with van der Waals surface area (Å²) < 4.78 is 38.7. The molecule has 0 aliphatic carbocycles. The number of phenols is 1. The van der Waals surface area contributed by atoms with Crippen molar-refractivity contribution in [2.75, 3.05) is 4.90 Å². The second-order valence-corrected chi connectivity index (χ2v) is 5.60. The molecule has 0 bridgehead atoms. The van der Waals surface area contributed by atoms with E-state index in [4.69, 9.17) is 0 Å². The lowest BCUT2D eigenvalue weighted by Crippen LogP contribution is -2.54. The summed E-state index contributed by atoms with van der Waals surface area (Å²) in [5.41, 5.74) is -1.42. The van der Waals surface area contributed by atoms with Gasteiger partial charge in [0.15, 0.2) is 0 Å². The number of carbonyl (C=O) groups is 3. The average Bonchev–Trinajstić information content (AvgIpc) is 2.59. The van der Waals surface area contributed by atoms with Gasteiger partial charge in [-0.05, 0) is 42.0 Å². The fraction of sp³-hybridized carbons (Fsp3) is 0.0556. The zero-order valence-electron chi connectivity index (χ0n) is 13.4. The highest BCUT2D eigenvalue weighted by atomic mass is 19.4. The smallest absolute Gasteiger partial charge is 0.416 e. The largest absolute Gasteiger partial charge is 0.508 e. The van der Waals surface area contributed by atoms with Crippen LogP contribution in [-0.4, -0.2) is 23.0 Å². The number of nitrogens with zero attached hydrogens (tertiary/aromatic N) is 1. The fourth-order valence-electron chi connectivity index (χ4n) is 2.45. The van der Waals surface area contributed by atoms with Gasteiger partial charge in [-0.25, -0.2) is 9.69 Å². The average molecular weight is 376 g/mol. The number of anilines is 1. The van der Waals surface area contributed by atoms with E-state index in [1.54, 1.807) is 0 Å². The third-order valence-electron chi connectivity index (χ3n) is 3.74. The minimum Gasteiger partial charge on any atom is -0.508 e. The Balaban J connectivity index is 2.02. The van der Waals surface area contributed by atoms with Crippen molar-refractivity contribution >= 4 is 29.6 Å². The standard InChI is InChI=1S/C18H11F3N2O4/c19-18(20,21)11-2-1-3-12(9-11)23-16(26)14(15(25)22-17(23)27)8-10-4-6-13(24)7-5-10/h1-9,24H,(H,22,25,27)/b14-8+. The summed E-state index contributed by atoms with van der Waals surface area (Å²) in [5.74, 6) is -2.06. The van der Waals surface area contributed by atoms with E-state index in [9.17, 15) is 32.7 Å². The maximum absolute atomic E-state index is 12.9. The molecule has 4 amide bonds. The Morgan fingerprint density at radius 2 is 1.67 bits per heavy atom. The van der Waals surface area contributed by atoms with Crippen LogP contribution in [-0.2, 0) is 15.8 Å². The first-order valence-corrected chi connectivity index (χ1v) is 7.54. The minimum atomic E-state index is -4.66. The number of benzene rings is 2. The third-order valence-corrected chi connectivity index (χ3v) is 3.74. The molecule has 1 saturated heterocycles. The van der Waals surface area contributed by atoms with Gasteiger partial charge in [-0.15, -0.1) is 0 Å². The van der Waals surface area contributed by atoms with Crippen molar-refractivity contribution in [1.29, 1.82) is 0 Å². The van der Waals surface area contributed by atoms with Crippen molar-refractivity contribution in [3.8, 4) is 5.75 Å². The molecule has 2 aromatic carbocycles. The third kappa shape index (κ3) is 3.66. The topological polar surface area (TPSA) is 86.7 Å². The van der Waals surface area contributed by atoms with Gasteiger partial charge in [-0.3, -0.25) is 14.9 Å². The molecule has 1 aliphatic heterocycles. The highest BCUT2D eigenvalue weighted by molar-refractivity contribution is 6.39. The zero-order valence-corrected chi connectivity index (χ0v) is 13.4. The van der Waals surface area contributed by atoms with Crippen LogP contribution in [0.15, 0.2) is 54.1 Å². The van der Waals surface area contributed by atoms with Crippen LogP contribution >= 0.6 is 0 Å². The van der Waals surface area contributed by atoms with Crippen LogP contribution in [0.2, 0.25) is 0 Å². The van der Waals surface area contributed by atoms with Crippen LogP contribution < -0.4 is 10.2 Å². The number of hydrogen-bond donors (Lipinski definition) is 2. The molecule has 0 atom stereocenters. The lowest BCUT2D eigenvalue weighted by atomic mass is 10.1. The Morgan fingerprint density at radius 1 is 1.00 bits per heavy atom. The van der Waals surface area contributed by atoms with Crippen LogP contribution in [0, 0.1) is 0 Å². The monoisotopic (exact) mass is 376 g/mol. The number of aromatic hydroxyl groups is 1. The van der Waals surface area contributed by atoms with Gasteiger partial charge >= 0.3 is 12.2 Å². The highest BCUT2D eigenvalue weighted by Gasteiger charge is 2.38. The molecule has 9 heteroatoms. The van der Waals surface area contributed by atoms with Crippen LogP contribution in [0.1, 0.15) is 11.1 Å². The normalized spacial score (nSPS) is 16.6. The van der Waals surface area contributed by atoms with E-state index in [0.29, 0.717) is 16.5 Å². The number of nitrogens with one attached hydrogen (secondary N) is 1. The summed E-state index contributed by atoms with van der Waals surface area (Å²) in [6, 6.07) is 8.01. The maximum Gasteiger partial charge on any atom is 0.416 e. The minimum absolute atomic E-state index is 0.0302. The zero-order chi connectivity index (χ0) is 19.8. The predicted molar refractivity (Wildman–Crippen MR) is 88.6 cm³/mol. The molecular formula is C18H11F3N2O4. The van der Waals surface area contributed by atoms with E-state index < -0.39 is 35.2 Å². The molecule has 27 heavy (non-hydrogen) atoms. The Hall–Kier alpha value is -3.62. The molecular weight excluding hydrogens is 365 g/mol. The fourth-order valence-corrected chi connectivity index (χ4v) is 2.45. The summed E-state index contributed by atoms with van der Waals surface area (Å²) in [6.45, 7) is 0. The number of imide groups is 2. The molecule has 138 valence electrons. The van der Waals surface area contributed by atoms with Crippen LogP contribution in [0.4, 0.5) is 23.7 Å². The number of amides is 4. The second kappa shape index (κ2) is 6.60. The van der Waals surface area contributed by atoms with Crippen molar-refractivity contribution in [1.82, 2.24) is 5.32 Å². The number of alkyl halides is 3. The van der Waals surface area contributed by atoms with E-state index in [1.807, 2.05) is 5.32 Å². The van der Waals surface area contributed by atoms with Gasteiger partial charge in [0.2, 0.25) is 0 Å². The van der Waals surface area contributed by atoms with Gasteiger partial charge in [0.25, 0.3) is 11.8 Å². The molecule has 0 aromatic heterocycles. The Bertz CT molecular complexity index is 965. The molecule has 2 N–H and O–H groups in total. The van der Waals surface area contributed by atoms with Crippen LogP contribution in [0.5, 0.6) is 5.75 Å². The lowest BCUT2D eigenvalue weighted by Gasteiger charge is -2.26. The van der Waals surface area contributed by atoms with Gasteiger partial charge in [0.05, 0.1) is 11.3 Å². The molecule has 0 saturated carbocycles. The van der Waals surface area contributed by atoms with E-state index in [0.717, 1.165) is 18.2 Å². The number of urea groups is 1. The number of halogens is 3. The van der Waals surface area contributed by atoms with Crippen molar-refractivity contribution in [3.63, 3.8) is 0 Å². The summed E-state index contributed by atoms with van der Waals surface area (Å²) in [6.07, 6.45) is -3.49. The Morgan fingerprint density at radius 3 is 2.30 bits per heavy atom. The van der Waals surface area contributed by atoms with Crippen LogP contribution in [0.3, 0.4) is 0 Å². The number of hydrogen-bond acceptors (Lipinski definition) is 4. The molecule has 1 fully saturated rings. The van der Waals surface area contributed by atoms with Gasteiger partial charge in [0.1, 0.15) is 11.3 Å². The maximum atomic E-state index is 12.9. The van der Waals surface area contributed by atoms with Gasteiger partial charge in [-0.1, -0.05) is 18.2 Å². The van der Waals surface area contributed by atoms with E-state index in [1.165, 1.54) is 30.3 Å². The number of rotatable bonds is 2. The summed E-state index contributed by atoms with van der Waals surface area (Å²) >= 11 is 0. The van der Waals surface area contributed by atoms with Crippen molar-refractivity contribution in [3.05, 3.63) is 65.2 Å². The highest BCUT2D eigenvalue weighted by Crippen LogP contribution is 2.32. The first kappa shape index (κ1) is 18.2. The van der Waals surface area contributed by atoms with Gasteiger partial charge in [-0.2, -0.15) is 13.2 Å². The van der Waals surface area contributed by atoms with Gasteiger partial charge < -0.3 is 5.11 Å². The summed E-state index contributed by atoms with van der Waals surface area (Å²) in [7, 11) is 0. The molecule has 2 aromatic rings. The lowest BCUT2D eigenvalue weighted by molar-refractivity contribution is -0.137. The van der Waals surface area contributed by atoms with E-state index >= 15 is 0 Å².